The molecule has 1 aliphatic rings. The molecule has 28 heavy (non-hydrogen) atoms. The van der Waals surface area contributed by atoms with E-state index in [1.807, 2.05) is 19.0 Å². The van der Waals surface area contributed by atoms with Gasteiger partial charge in [-0.25, -0.2) is 0 Å². The molecule has 3 rings (SSSR count). The van der Waals surface area contributed by atoms with Crippen molar-refractivity contribution >= 4 is 33.4 Å². The number of ketones is 1. The Kier molecular flexibility index (Phi) is 5.81. The van der Waals surface area contributed by atoms with E-state index in [1.165, 1.54) is 17.0 Å². The molecule has 2 heterocycles. The van der Waals surface area contributed by atoms with Gasteiger partial charge in [-0.3, -0.25) is 14.6 Å². The predicted octanol–water partition coefficient (Wildman–Crippen LogP) is 2.53. The van der Waals surface area contributed by atoms with E-state index < -0.39 is 23.5 Å². The van der Waals surface area contributed by atoms with Crippen molar-refractivity contribution < 1.29 is 19.8 Å². The molecule has 0 saturated carbocycles. The molecule has 1 aromatic carbocycles. The Morgan fingerprint density at radius 3 is 2.68 bits per heavy atom. The lowest BCUT2D eigenvalue weighted by Gasteiger charge is -2.26. The van der Waals surface area contributed by atoms with E-state index in [0.717, 1.165) is 0 Å². The van der Waals surface area contributed by atoms with Crippen LogP contribution in [0.3, 0.4) is 0 Å². The molecule has 2 aromatic rings. The summed E-state index contributed by atoms with van der Waals surface area (Å²) in [6, 6.07) is 7.18. The minimum atomic E-state index is -0.788. The highest BCUT2D eigenvalue weighted by molar-refractivity contribution is 9.10. The fraction of sp³-hybridized carbons (Fsp3) is 0.250. The van der Waals surface area contributed by atoms with Gasteiger partial charge in [0.2, 0.25) is 0 Å². The highest BCUT2D eigenvalue weighted by Gasteiger charge is 2.46. The number of aliphatic hydroxyl groups is 1. The van der Waals surface area contributed by atoms with E-state index in [1.54, 1.807) is 30.6 Å². The number of likely N-dealkylation sites (tertiary alicyclic amines) is 1. The number of nitrogens with zero attached hydrogens (tertiary/aromatic N) is 3. The van der Waals surface area contributed by atoms with E-state index in [0.29, 0.717) is 23.1 Å². The third-order valence-corrected chi connectivity index (χ3v) is 5.04. The molecule has 1 saturated heterocycles. The number of phenolic OH excluding ortho intramolecular Hbond substituents is 1. The van der Waals surface area contributed by atoms with E-state index in [-0.39, 0.29) is 16.9 Å². The molecule has 0 unspecified atom stereocenters. The number of aromatic hydroxyl groups is 1. The van der Waals surface area contributed by atoms with Crippen molar-refractivity contribution in [3.63, 3.8) is 0 Å². The van der Waals surface area contributed by atoms with Crippen molar-refractivity contribution in [3.8, 4) is 5.75 Å². The van der Waals surface area contributed by atoms with E-state index in [9.17, 15) is 19.8 Å². The normalized spacial score (nSPS) is 18.9. The van der Waals surface area contributed by atoms with Gasteiger partial charge < -0.3 is 20.0 Å². The zero-order valence-electron chi connectivity index (χ0n) is 15.5. The first-order chi connectivity index (χ1) is 13.3. The summed E-state index contributed by atoms with van der Waals surface area (Å²) in [5.74, 6) is -2.08. The number of carbonyl (C=O) groups is 2. The molecule has 1 aliphatic heterocycles. The van der Waals surface area contributed by atoms with E-state index >= 15 is 0 Å². The molecule has 1 atom stereocenters. The second kappa shape index (κ2) is 8.12. The molecule has 8 heteroatoms. The number of amides is 1. The molecular formula is C20H20BrN3O4. The maximum Gasteiger partial charge on any atom is 0.295 e. The van der Waals surface area contributed by atoms with Gasteiger partial charge in [-0.05, 0) is 43.9 Å². The number of hydrogen-bond donors (Lipinski definition) is 2. The van der Waals surface area contributed by atoms with Crippen LogP contribution >= 0.6 is 15.9 Å². The van der Waals surface area contributed by atoms with Crippen LogP contribution in [0.25, 0.3) is 5.76 Å². The summed E-state index contributed by atoms with van der Waals surface area (Å²) in [4.78, 5) is 33.0. The molecule has 2 N–H and O–H groups in total. The van der Waals surface area contributed by atoms with E-state index in [2.05, 4.69) is 20.9 Å². The average molecular weight is 446 g/mol. The summed E-state index contributed by atoms with van der Waals surface area (Å²) in [6.45, 7) is 0.852. The largest absolute Gasteiger partial charge is 0.507 e. The van der Waals surface area contributed by atoms with Crippen molar-refractivity contribution in [1.29, 1.82) is 0 Å². The number of aliphatic hydroxyl groups excluding tert-OH is 1. The quantitative estimate of drug-likeness (QED) is 0.417. The highest BCUT2D eigenvalue weighted by Crippen LogP contribution is 2.40. The van der Waals surface area contributed by atoms with Crippen LogP contribution in [-0.4, -0.2) is 63.9 Å². The Balaban J connectivity index is 2.18. The van der Waals surface area contributed by atoms with Crippen molar-refractivity contribution in [3.05, 3.63) is 63.9 Å². The van der Waals surface area contributed by atoms with Gasteiger partial charge in [-0.1, -0.05) is 22.0 Å². The van der Waals surface area contributed by atoms with Crippen LogP contribution in [0.15, 0.2) is 52.8 Å². The molecule has 7 nitrogen and oxygen atoms in total. The third-order valence-electron chi connectivity index (χ3n) is 4.54. The van der Waals surface area contributed by atoms with Gasteiger partial charge in [0.15, 0.2) is 0 Å². The number of halogens is 1. The van der Waals surface area contributed by atoms with E-state index in [4.69, 9.17) is 0 Å². The smallest absolute Gasteiger partial charge is 0.295 e. The number of benzene rings is 1. The Hall–Kier alpha value is -2.71. The van der Waals surface area contributed by atoms with Crippen LogP contribution in [-0.2, 0) is 9.59 Å². The second-order valence-corrected chi connectivity index (χ2v) is 7.66. The summed E-state index contributed by atoms with van der Waals surface area (Å²) in [5, 5.41) is 21.1. The first-order valence-corrected chi connectivity index (χ1v) is 9.42. The zero-order valence-corrected chi connectivity index (χ0v) is 17.0. The average Bonchev–Trinajstić information content (AvgIpc) is 2.93. The lowest BCUT2D eigenvalue weighted by molar-refractivity contribution is -0.140. The van der Waals surface area contributed by atoms with Crippen LogP contribution < -0.4 is 0 Å². The van der Waals surface area contributed by atoms with Gasteiger partial charge in [0.25, 0.3) is 11.7 Å². The molecule has 0 spiro atoms. The Morgan fingerprint density at radius 2 is 2.04 bits per heavy atom. The number of rotatable bonds is 5. The topological polar surface area (TPSA) is 94.0 Å². The predicted molar refractivity (Wildman–Crippen MR) is 108 cm³/mol. The third kappa shape index (κ3) is 3.79. The fourth-order valence-electron chi connectivity index (χ4n) is 3.15. The van der Waals surface area contributed by atoms with Crippen LogP contribution in [0.4, 0.5) is 0 Å². The molecule has 1 aromatic heterocycles. The Labute approximate surface area is 171 Å². The Morgan fingerprint density at radius 1 is 1.29 bits per heavy atom. The molecule has 146 valence electrons. The lowest BCUT2D eigenvalue weighted by atomic mass is 9.96. The maximum atomic E-state index is 12.8. The number of likely N-dealkylation sites (N-methyl/N-ethyl adjacent to an activating group) is 1. The maximum absolute atomic E-state index is 12.8. The molecule has 1 fully saturated rings. The first kappa shape index (κ1) is 20.0. The highest BCUT2D eigenvalue weighted by atomic mass is 79.9. The zero-order chi connectivity index (χ0) is 20.4. The molecule has 0 aliphatic carbocycles. The number of aromatic nitrogens is 1. The standard InChI is InChI=1S/C20H20BrN3O4/c1-23(2)8-9-24-17(12-4-3-7-22-11-12)16(19(27)20(24)28)18(26)14-10-13(21)5-6-15(14)25/h3-7,10-11,17,25-26H,8-9H2,1-2H3/t17-/m1/s1. The van der Waals surface area contributed by atoms with Crippen molar-refractivity contribution in [2.24, 2.45) is 0 Å². The summed E-state index contributed by atoms with van der Waals surface area (Å²) in [5.41, 5.74) is 0.621. The van der Waals surface area contributed by atoms with Crippen LogP contribution in [0.1, 0.15) is 17.2 Å². The summed E-state index contributed by atoms with van der Waals surface area (Å²) in [7, 11) is 3.74. The van der Waals surface area contributed by atoms with Gasteiger partial charge in [0, 0.05) is 30.0 Å². The Bertz CT molecular complexity index is 944. The summed E-state index contributed by atoms with van der Waals surface area (Å²) in [6.07, 6.45) is 3.16. The van der Waals surface area contributed by atoms with Crippen LogP contribution in [0.2, 0.25) is 0 Å². The number of Topliss-reactive ketones (excluding diaryl/α,β-unsaturated/α-hetero) is 1. The number of hydrogen-bond acceptors (Lipinski definition) is 6. The van der Waals surface area contributed by atoms with Crippen LogP contribution in [0, 0.1) is 0 Å². The fourth-order valence-corrected chi connectivity index (χ4v) is 3.51. The van der Waals surface area contributed by atoms with Crippen LogP contribution in [0.5, 0.6) is 5.75 Å². The molecule has 1 amide bonds. The molecular weight excluding hydrogens is 426 g/mol. The number of phenols is 1. The van der Waals surface area contributed by atoms with Crippen molar-refractivity contribution in [2.75, 3.05) is 27.2 Å². The summed E-state index contributed by atoms with van der Waals surface area (Å²) >= 11 is 3.29. The van der Waals surface area contributed by atoms with Crippen molar-refractivity contribution in [2.45, 2.75) is 6.04 Å². The van der Waals surface area contributed by atoms with Gasteiger partial charge in [-0.2, -0.15) is 0 Å². The molecule has 0 radical (unpaired) electrons. The minimum Gasteiger partial charge on any atom is -0.507 e. The molecule has 0 bridgehead atoms. The monoisotopic (exact) mass is 445 g/mol. The second-order valence-electron chi connectivity index (χ2n) is 6.74. The van der Waals surface area contributed by atoms with Gasteiger partial charge in [0.1, 0.15) is 11.5 Å². The SMILES string of the molecule is CN(C)CCN1C(=O)C(=O)C(=C(O)c2cc(Br)ccc2O)[C@H]1c1cccnc1. The van der Waals surface area contributed by atoms with Gasteiger partial charge in [0.05, 0.1) is 17.2 Å². The van der Waals surface area contributed by atoms with Gasteiger partial charge >= 0.3 is 0 Å². The number of carbonyl (C=O) groups excluding carboxylic acids is 2. The minimum absolute atomic E-state index is 0.0647. The first-order valence-electron chi connectivity index (χ1n) is 8.63. The van der Waals surface area contributed by atoms with Crippen molar-refractivity contribution in [1.82, 2.24) is 14.8 Å². The summed E-state index contributed by atoms with van der Waals surface area (Å²) < 4.78 is 0.617. The lowest BCUT2D eigenvalue weighted by Crippen LogP contribution is -2.35. The number of pyridine rings is 1. The van der Waals surface area contributed by atoms with Gasteiger partial charge in [-0.15, -0.1) is 0 Å².